The van der Waals surface area contributed by atoms with Crippen LogP contribution < -0.4 is 16.4 Å². The minimum Gasteiger partial charge on any atom is -0.385 e. The second-order valence-corrected chi connectivity index (χ2v) is 7.65. The van der Waals surface area contributed by atoms with Crippen molar-refractivity contribution in [1.29, 1.82) is 0 Å². The summed E-state index contributed by atoms with van der Waals surface area (Å²) in [6, 6.07) is 10.7. The maximum atomic E-state index is 12.6. The van der Waals surface area contributed by atoms with Gasteiger partial charge in [-0.1, -0.05) is 29.3 Å². The fraction of sp³-hybridized carbons (Fsp3) is 0.316. The highest BCUT2D eigenvalue weighted by Crippen LogP contribution is 2.33. The lowest BCUT2D eigenvalue weighted by Gasteiger charge is -2.20. The van der Waals surface area contributed by atoms with E-state index in [0.717, 1.165) is 30.8 Å². The molecule has 158 valence electrons. The average molecular weight is 469 g/mol. The molecule has 29 heavy (non-hydrogen) atoms. The zero-order chi connectivity index (χ0) is 21.6. The zero-order valence-electron chi connectivity index (χ0n) is 15.1. The topological polar surface area (TPSA) is 67.2 Å². The summed E-state index contributed by atoms with van der Waals surface area (Å²) >= 11 is 16.5. The molecule has 4 nitrogen and oxygen atoms in total. The van der Waals surface area contributed by atoms with Gasteiger partial charge in [-0.05, 0) is 59.5 Å². The Hall–Kier alpha value is -1.67. The lowest BCUT2D eigenvalue weighted by Crippen LogP contribution is -2.21. The fourth-order valence-corrected chi connectivity index (χ4v) is 3.41. The van der Waals surface area contributed by atoms with Crippen molar-refractivity contribution in [3.63, 3.8) is 0 Å². The Morgan fingerprint density at radius 2 is 1.72 bits per heavy atom. The molecule has 10 heteroatoms. The SMILES string of the molecule is FC(F)(F)c1ccc(NCC2CNCC2c2ccc(Cl)c(Cl)c2)cc1.NC(=O)Cl. The van der Waals surface area contributed by atoms with Gasteiger partial charge in [-0.25, -0.2) is 0 Å². The van der Waals surface area contributed by atoms with Crippen LogP contribution in [-0.2, 0) is 6.18 Å². The van der Waals surface area contributed by atoms with Gasteiger partial charge in [0.2, 0.25) is 0 Å². The summed E-state index contributed by atoms with van der Waals surface area (Å²) in [6.45, 7) is 2.32. The molecular formula is C19H19Cl3F3N3O. The van der Waals surface area contributed by atoms with E-state index in [1.807, 2.05) is 12.1 Å². The fourth-order valence-electron chi connectivity index (χ4n) is 3.11. The number of benzene rings is 2. The minimum atomic E-state index is -4.31. The summed E-state index contributed by atoms with van der Waals surface area (Å²) in [5.74, 6) is 0.580. The largest absolute Gasteiger partial charge is 0.416 e. The summed E-state index contributed by atoms with van der Waals surface area (Å²) in [5, 5.41) is 6.77. The van der Waals surface area contributed by atoms with Crippen LogP contribution >= 0.6 is 34.8 Å². The molecule has 1 aliphatic heterocycles. The van der Waals surface area contributed by atoms with Crippen molar-refractivity contribution in [2.75, 3.05) is 25.0 Å². The van der Waals surface area contributed by atoms with Crippen molar-refractivity contribution >= 4 is 45.9 Å². The molecular weight excluding hydrogens is 450 g/mol. The monoisotopic (exact) mass is 467 g/mol. The summed E-state index contributed by atoms with van der Waals surface area (Å²) in [7, 11) is 0. The number of halogens is 6. The van der Waals surface area contributed by atoms with Crippen LogP contribution in [0.3, 0.4) is 0 Å². The summed E-state index contributed by atoms with van der Waals surface area (Å²) in [5.41, 5.74) is 5.38. The highest BCUT2D eigenvalue weighted by atomic mass is 35.5. The number of primary amides is 1. The normalized spacial score (nSPS) is 18.7. The van der Waals surface area contributed by atoms with E-state index >= 15 is 0 Å². The number of nitrogens with one attached hydrogen (secondary N) is 2. The second kappa shape index (κ2) is 10.4. The van der Waals surface area contributed by atoms with Gasteiger partial charge in [0.25, 0.3) is 0 Å². The van der Waals surface area contributed by atoms with E-state index in [9.17, 15) is 13.2 Å². The summed E-state index contributed by atoms with van der Waals surface area (Å²) < 4.78 is 37.8. The second-order valence-electron chi connectivity index (χ2n) is 6.46. The predicted molar refractivity (Wildman–Crippen MR) is 111 cm³/mol. The van der Waals surface area contributed by atoms with Crippen molar-refractivity contribution in [1.82, 2.24) is 5.32 Å². The molecule has 0 spiro atoms. The van der Waals surface area contributed by atoms with E-state index in [-0.39, 0.29) is 5.92 Å². The number of alkyl halides is 3. The van der Waals surface area contributed by atoms with Gasteiger partial charge < -0.3 is 16.4 Å². The molecule has 2 aromatic carbocycles. The third kappa shape index (κ3) is 7.26. The number of carbonyl (C=O) groups excluding carboxylic acids is 1. The molecule has 4 N–H and O–H groups in total. The Morgan fingerprint density at radius 3 is 2.28 bits per heavy atom. The number of carbonyl (C=O) groups is 1. The molecule has 1 fully saturated rings. The van der Waals surface area contributed by atoms with E-state index in [1.165, 1.54) is 12.1 Å². The highest BCUT2D eigenvalue weighted by molar-refractivity contribution is 6.62. The molecule has 1 saturated heterocycles. The van der Waals surface area contributed by atoms with E-state index in [2.05, 4.69) is 28.0 Å². The van der Waals surface area contributed by atoms with E-state index in [4.69, 9.17) is 28.0 Å². The maximum Gasteiger partial charge on any atom is 0.416 e. The van der Waals surface area contributed by atoms with Crippen LogP contribution in [-0.4, -0.2) is 25.0 Å². The standard InChI is InChI=1S/C18H17Cl2F3N2.CH2ClNO/c19-16-6-1-11(7-17(16)20)15-10-24-8-12(15)9-25-14-4-2-13(3-5-14)18(21,22)23;2-1(3)4/h1-7,12,15,24-25H,8-10H2;(H2,3,4). The van der Waals surface area contributed by atoms with Gasteiger partial charge in [-0.3, -0.25) is 4.79 Å². The van der Waals surface area contributed by atoms with E-state index in [1.54, 1.807) is 6.07 Å². The first kappa shape index (κ1) is 23.6. The van der Waals surface area contributed by atoms with Gasteiger partial charge in [0.1, 0.15) is 0 Å². The number of amides is 1. The molecule has 0 radical (unpaired) electrons. The van der Waals surface area contributed by atoms with Crippen LogP contribution in [0.5, 0.6) is 0 Å². The Morgan fingerprint density at radius 1 is 1.10 bits per heavy atom. The Bertz CT molecular complexity index is 828. The van der Waals surface area contributed by atoms with Crippen LogP contribution in [0.25, 0.3) is 0 Å². The summed E-state index contributed by atoms with van der Waals surface area (Å²) in [4.78, 5) is 8.99. The molecule has 0 aromatic heterocycles. The van der Waals surface area contributed by atoms with E-state index in [0.29, 0.717) is 28.2 Å². The number of rotatable bonds is 4. The lowest BCUT2D eigenvalue weighted by atomic mass is 9.89. The van der Waals surface area contributed by atoms with Crippen molar-refractivity contribution in [3.05, 3.63) is 63.6 Å². The smallest absolute Gasteiger partial charge is 0.385 e. The first-order valence-corrected chi connectivity index (χ1v) is 9.73. The van der Waals surface area contributed by atoms with Crippen molar-refractivity contribution in [2.24, 2.45) is 11.7 Å². The quantitative estimate of drug-likeness (QED) is 0.396. The van der Waals surface area contributed by atoms with Gasteiger partial charge in [-0.2, -0.15) is 13.2 Å². The Kier molecular flexibility index (Phi) is 8.46. The Balaban J connectivity index is 0.000000687. The average Bonchev–Trinajstić information content (AvgIpc) is 3.10. The van der Waals surface area contributed by atoms with Gasteiger partial charge in [-0.15, -0.1) is 0 Å². The first-order valence-electron chi connectivity index (χ1n) is 8.59. The molecule has 2 atom stereocenters. The molecule has 0 aliphatic carbocycles. The number of hydrogen-bond donors (Lipinski definition) is 3. The molecule has 0 saturated carbocycles. The van der Waals surface area contributed by atoms with Crippen LogP contribution in [0.2, 0.25) is 10.0 Å². The van der Waals surface area contributed by atoms with Crippen LogP contribution in [0.1, 0.15) is 17.0 Å². The van der Waals surface area contributed by atoms with Crippen molar-refractivity contribution in [2.45, 2.75) is 12.1 Å². The Labute approximate surface area is 181 Å². The molecule has 1 heterocycles. The van der Waals surface area contributed by atoms with Crippen molar-refractivity contribution < 1.29 is 18.0 Å². The minimum absolute atomic E-state index is 0.275. The van der Waals surface area contributed by atoms with Gasteiger partial charge in [0, 0.05) is 31.2 Å². The maximum absolute atomic E-state index is 12.6. The predicted octanol–water partition coefficient (Wildman–Crippen LogP) is 5.73. The zero-order valence-corrected chi connectivity index (χ0v) is 17.3. The molecule has 2 unspecified atom stereocenters. The molecule has 2 aromatic rings. The van der Waals surface area contributed by atoms with E-state index < -0.39 is 17.1 Å². The molecule has 3 rings (SSSR count). The van der Waals surface area contributed by atoms with Crippen molar-refractivity contribution in [3.8, 4) is 0 Å². The number of nitrogens with two attached hydrogens (primary N) is 1. The third-order valence-corrected chi connectivity index (χ3v) is 5.23. The van der Waals surface area contributed by atoms with Gasteiger partial charge in [0.15, 0.2) is 0 Å². The molecule has 1 aliphatic rings. The summed E-state index contributed by atoms with van der Waals surface area (Å²) in [6.07, 6.45) is -4.31. The number of hydrogen-bond acceptors (Lipinski definition) is 3. The van der Waals surface area contributed by atoms with Crippen LogP contribution in [0.15, 0.2) is 42.5 Å². The first-order chi connectivity index (χ1) is 13.6. The third-order valence-electron chi connectivity index (χ3n) is 4.49. The molecule has 0 bridgehead atoms. The van der Waals surface area contributed by atoms with Crippen LogP contribution in [0.4, 0.5) is 23.7 Å². The number of anilines is 1. The highest BCUT2D eigenvalue weighted by Gasteiger charge is 2.30. The van der Waals surface area contributed by atoms with Gasteiger partial charge >= 0.3 is 11.5 Å². The van der Waals surface area contributed by atoms with Crippen LogP contribution in [0, 0.1) is 5.92 Å². The lowest BCUT2D eigenvalue weighted by molar-refractivity contribution is -0.137. The molecule has 1 amide bonds. The van der Waals surface area contributed by atoms with Gasteiger partial charge in [0.05, 0.1) is 15.6 Å².